The molecule has 15 heavy (non-hydrogen) atoms. The van der Waals surface area contributed by atoms with E-state index < -0.39 is 0 Å². The van der Waals surface area contributed by atoms with E-state index in [9.17, 15) is 0 Å². The van der Waals surface area contributed by atoms with Gasteiger partial charge < -0.3 is 15.4 Å². The average Bonchev–Trinajstić information content (AvgIpc) is 2.29. The van der Waals surface area contributed by atoms with Gasteiger partial charge in [0.15, 0.2) is 0 Å². The number of rotatable bonds is 3. The lowest BCUT2D eigenvalue weighted by Crippen LogP contribution is -2.42. The molecular formula is C11H15ClN2O. The Balaban J connectivity index is 1.84. The highest BCUT2D eigenvalue weighted by atomic mass is 35.5. The summed E-state index contributed by atoms with van der Waals surface area (Å²) in [5.74, 6) is 0. The van der Waals surface area contributed by atoms with Crippen LogP contribution in [0.4, 0.5) is 5.69 Å². The highest BCUT2D eigenvalue weighted by Gasteiger charge is 2.12. The molecule has 4 heteroatoms. The molecule has 1 fully saturated rings. The van der Waals surface area contributed by atoms with Crippen molar-refractivity contribution in [3.8, 4) is 0 Å². The van der Waals surface area contributed by atoms with Crippen LogP contribution in [0.25, 0.3) is 0 Å². The van der Waals surface area contributed by atoms with Gasteiger partial charge in [0.2, 0.25) is 0 Å². The first-order valence-corrected chi connectivity index (χ1v) is 5.55. The van der Waals surface area contributed by atoms with Crippen LogP contribution in [-0.4, -0.2) is 32.3 Å². The third-order valence-corrected chi connectivity index (χ3v) is 2.73. The number of halogens is 1. The quantitative estimate of drug-likeness (QED) is 0.824. The number of hydrogen-bond donors (Lipinski definition) is 2. The van der Waals surface area contributed by atoms with Gasteiger partial charge in [-0.3, -0.25) is 0 Å². The molecule has 82 valence electrons. The van der Waals surface area contributed by atoms with Crippen LogP contribution < -0.4 is 10.6 Å². The Bertz CT molecular complexity index is 313. The molecular weight excluding hydrogens is 212 g/mol. The maximum atomic E-state index is 6.02. The van der Waals surface area contributed by atoms with Gasteiger partial charge in [0.05, 0.1) is 23.4 Å². The molecule has 0 amide bonds. The smallest absolute Gasteiger partial charge is 0.0872 e. The first-order valence-electron chi connectivity index (χ1n) is 5.17. The van der Waals surface area contributed by atoms with E-state index in [1.54, 1.807) is 0 Å². The lowest BCUT2D eigenvalue weighted by molar-refractivity contribution is 0.0372. The van der Waals surface area contributed by atoms with E-state index in [0.29, 0.717) is 0 Å². The maximum Gasteiger partial charge on any atom is 0.0872 e. The molecule has 1 aliphatic rings. The van der Waals surface area contributed by atoms with Gasteiger partial charge >= 0.3 is 0 Å². The molecule has 0 radical (unpaired) electrons. The van der Waals surface area contributed by atoms with Crippen molar-refractivity contribution in [3.63, 3.8) is 0 Å². The summed E-state index contributed by atoms with van der Waals surface area (Å²) in [6.07, 6.45) is 0.232. The Morgan fingerprint density at radius 1 is 1.47 bits per heavy atom. The summed E-state index contributed by atoms with van der Waals surface area (Å²) in [5.41, 5.74) is 0.966. The molecule has 0 saturated carbocycles. The molecule has 2 rings (SSSR count). The second-order valence-corrected chi connectivity index (χ2v) is 3.96. The number of benzene rings is 1. The zero-order valence-corrected chi connectivity index (χ0v) is 9.26. The third kappa shape index (κ3) is 3.09. The van der Waals surface area contributed by atoms with Gasteiger partial charge in [0, 0.05) is 19.6 Å². The van der Waals surface area contributed by atoms with Gasteiger partial charge in [-0.25, -0.2) is 0 Å². The van der Waals surface area contributed by atoms with Gasteiger partial charge in [-0.05, 0) is 12.1 Å². The van der Waals surface area contributed by atoms with Crippen molar-refractivity contribution >= 4 is 17.3 Å². The zero-order valence-electron chi connectivity index (χ0n) is 8.50. The Kier molecular flexibility index (Phi) is 3.83. The lowest BCUT2D eigenvalue weighted by Gasteiger charge is -2.24. The molecule has 1 atom stereocenters. The van der Waals surface area contributed by atoms with Crippen LogP contribution >= 0.6 is 11.6 Å². The first kappa shape index (κ1) is 10.7. The van der Waals surface area contributed by atoms with E-state index in [4.69, 9.17) is 16.3 Å². The van der Waals surface area contributed by atoms with Gasteiger partial charge in [-0.2, -0.15) is 0 Å². The number of nitrogens with one attached hydrogen (secondary N) is 2. The van der Waals surface area contributed by atoms with E-state index in [1.807, 2.05) is 24.3 Å². The molecule has 2 N–H and O–H groups in total. The molecule has 1 aromatic carbocycles. The van der Waals surface area contributed by atoms with Gasteiger partial charge in [-0.1, -0.05) is 23.7 Å². The number of anilines is 1. The molecule has 1 saturated heterocycles. The highest BCUT2D eigenvalue weighted by Crippen LogP contribution is 2.20. The van der Waals surface area contributed by atoms with Crippen molar-refractivity contribution in [2.75, 3.05) is 31.6 Å². The van der Waals surface area contributed by atoms with Crippen molar-refractivity contribution in [2.45, 2.75) is 6.10 Å². The molecule has 0 bridgehead atoms. The minimum absolute atomic E-state index is 0.232. The summed E-state index contributed by atoms with van der Waals surface area (Å²) in [5, 5.41) is 7.32. The molecule has 1 heterocycles. The minimum atomic E-state index is 0.232. The fourth-order valence-corrected chi connectivity index (χ4v) is 1.78. The Labute approximate surface area is 94.8 Å². The van der Waals surface area contributed by atoms with Gasteiger partial charge in [0.25, 0.3) is 0 Å². The van der Waals surface area contributed by atoms with Crippen molar-refractivity contribution in [1.82, 2.24) is 5.32 Å². The highest BCUT2D eigenvalue weighted by molar-refractivity contribution is 6.33. The molecule has 0 spiro atoms. The minimum Gasteiger partial charge on any atom is -0.381 e. The van der Waals surface area contributed by atoms with Crippen LogP contribution in [0.3, 0.4) is 0 Å². The Morgan fingerprint density at radius 3 is 3.07 bits per heavy atom. The zero-order chi connectivity index (χ0) is 10.5. The summed E-state index contributed by atoms with van der Waals surface area (Å²) in [4.78, 5) is 0. The Morgan fingerprint density at radius 2 is 2.33 bits per heavy atom. The standard InChI is InChI=1S/C11H15ClN2O/c12-10-3-1-2-4-11(10)14-8-9-7-13-5-6-15-9/h1-4,9,13-14H,5-8H2. The molecule has 0 aromatic heterocycles. The summed E-state index contributed by atoms with van der Waals surface area (Å²) in [7, 11) is 0. The average molecular weight is 227 g/mol. The number of hydrogen-bond acceptors (Lipinski definition) is 3. The normalized spacial score (nSPS) is 21.3. The van der Waals surface area contributed by atoms with E-state index in [0.717, 1.165) is 37.0 Å². The van der Waals surface area contributed by atoms with Crippen molar-refractivity contribution in [3.05, 3.63) is 29.3 Å². The summed E-state index contributed by atoms with van der Waals surface area (Å²) >= 11 is 6.02. The Hall–Kier alpha value is -0.770. The second kappa shape index (κ2) is 5.35. The van der Waals surface area contributed by atoms with E-state index in [2.05, 4.69) is 10.6 Å². The predicted octanol–water partition coefficient (Wildman–Crippen LogP) is 1.74. The second-order valence-electron chi connectivity index (χ2n) is 3.56. The lowest BCUT2D eigenvalue weighted by atomic mass is 10.2. The maximum absolute atomic E-state index is 6.02. The number of ether oxygens (including phenoxy) is 1. The molecule has 1 aliphatic heterocycles. The molecule has 1 unspecified atom stereocenters. The van der Waals surface area contributed by atoms with Crippen LogP contribution in [0, 0.1) is 0 Å². The fraction of sp³-hybridized carbons (Fsp3) is 0.455. The number of para-hydroxylation sites is 1. The van der Waals surface area contributed by atoms with Crippen molar-refractivity contribution in [1.29, 1.82) is 0 Å². The summed E-state index contributed by atoms with van der Waals surface area (Å²) in [6, 6.07) is 7.74. The van der Waals surface area contributed by atoms with Crippen LogP contribution in [0.5, 0.6) is 0 Å². The molecule has 3 nitrogen and oxygen atoms in total. The predicted molar refractivity (Wildman–Crippen MR) is 62.6 cm³/mol. The topological polar surface area (TPSA) is 33.3 Å². The van der Waals surface area contributed by atoms with Crippen LogP contribution in [0.2, 0.25) is 5.02 Å². The van der Waals surface area contributed by atoms with Crippen LogP contribution in [0.1, 0.15) is 0 Å². The van der Waals surface area contributed by atoms with Gasteiger partial charge in [-0.15, -0.1) is 0 Å². The largest absolute Gasteiger partial charge is 0.381 e. The van der Waals surface area contributed by atoms with E-state index in [-0.39, 0.29) is 6.10 Å². The SMILES string of the molecule is Clc1ccccc1NCC1CNCCO1. The van der Waals surface area contributed by atoms with E-state index >= 15 is 0 Å². The monoisotopic (exact) mass is 226 g/mol. The van der Waals surface area contributed by atoms with Crippen molar-refractivity contribution in [2.24, 2.45) is 0 Å². The van der Waals surface area contributed by atoms with Gasteiger partial charge in [0.1, 0.15) is 0 Å². The molecule has 1 aromatic rings. The first-order chi connectivity index (χ1) is 7.36. The number of morpholine rings is 1. The summed E-state index contributed by atoms with van der Waals surface area (Å²) in [6.45, 7) is 3.42. The van der Waals surface area contributed by atoms with E-state index in [1.165, 1.54) is 0 Å². The summed E-state index contributed by atoms with van der Waals surface area (Å²) < 4.78 is 5.57. The third-order valence-electron chi connectivity index (χ3n) is 2.40. The van der Waals surface area contributed by atoms with Crippen LogP contribution in [0.15, 0.2) is 24.3 Å². The fourth-order valence-electron chi connectivity index (χ4n) is 1.58. The van der Waals surface area contributed by atoms with Crippen LogP contribution in [-0.2, 0) is 4.74 Å². The van der Waals surface area contributed by atoms with Crippen molar-refractivity contribution < 1.29 is 4.74 Å². The molecule has 0 aliphatic carbocycles.